The van der Waals surface area contributed by atoms with Gasteiger partial charge in [0.2, 0.25) is 0 Å². The fourth-order valence-electron chi connectivity index (χ4n) is 4.09. The van der Waals surface area contributed by atoms with Crippen LogP contribution in [-0.4, -0.2) is 25.1 Å². The van der Waals surface area contributed by atoms with Crippen LogP contribution in [0.5, 0.6) is 5.75 Å². The van der Waals surface area contributed by atoms with Gasteiger partial charge < -0.3 is 4.74 Å². The molecular weight excluding hydrogens is 503 g/mol. The molecule has 3 aromatic carbocycles. The summed E-state index contributed by atoms with van der Waals surface area (Å²) in [6.45, 7) is 5.34. The predicted octanol–water partition coefficient (Wildman–Crippen LogP) is 7.06. The normalized spacial score (nSPS) is 12.2. The van der Waals surface area contributed by atoms with Crippen LogP contribution in [0.2, 0.25) is 0 Å². The first kappa shape index (κ1) is 26.3. The highest BCUT2D eigenvalue weighted by Crippen LogP contribution is 2.40. The van der Waals surface area contributed by atoms with E-state index in [0.717, 1.165) is 11.6 Å². The van der Waals surface area contributed by atoms with Gasteiger partial charge in [-0.05, 0) is 59.0 Å². The van der Waals surface area contributed by atoms with Crippen LogP contribution in [0.3, 0.4) is 0 Å². The van der Waals surface area contributed by atoms with Crippen LogP contribution in [-0.2, 0) is 16.0 Å². The van der Waals surface area contributed by atoms with Crippen molar-refractivity contribution in [1.29, 1.82) is 0 Å². The molecule has 192 valence electrons. The molecule has 0 radical (unpaired) electrons. The van der Waals surface area contributed by atoms with E-state index in [9.17, 15) is 26.4 Å². The summed E-state index contributed by atoms with van der Waals surface area (Å²) in [5, 5.41) is 0.323. The van der Waals surface area contributed by atoms with Crippen molar-refractivity contribution in [1.82, 2.24) is 4.98 Å². The molecule has 4 rings (SSSR count). The molecule has 0 unspecified atom stereocenters. The molecule has 4 aromatic rings. The van der Waals surface area contributed by atoms with E-state index in [4.69, 9.17) is 4.74 Å². The Morgan fingerprint density at radius 2 is 1.70 bits per heavy atom. The number of halogens is 3. The number of hydrogen-bond donors (Lipinski definition) is 0. The van der Waals surface area contributed by atoms with E-state index >= 15 is 0 Å². The van der Waals surface area contributed by atoms with Gasteiger partial charge in [0.1, 0.15) is 5.75 Å². The minimum Gasteiger partial charge on any atom is -0.423 e. The molecule has 1 heterocycles. The number of ether oxygens (including phenoxy) is 1. The number of nitrogens with zero attached hydrogens (tertiary/aromatic N) is 1. The van der Waals surface area contributed by atoms with E-state index in [1.54, 1.807) is 24.3 Å². The molecular formula is C28H24F3NO4S. The van der Waals surface area contributed by atoms with Crippen molar-refractivity contribution >= 4 is 26.7 Å². The molecule has 0 aliphatic heterocycles. The SMILES string of the molecule is CCS(=O)(=O)c1cccc(OC(=O)c2cccc(-c3c(C(C)C)cnc4c(C(F)(F)F)cccc34)c2)c1. The summed E-state index contributed by atoms with van der Waals surface area (Å²) >= 11 is 0. The van der Waals surface area contributed by atoms with Crippen LogP contribution in [0.15, 0.2) is 77.8 Å². The van der Waals surface area contributed by atoms with E-state index < -0.39 is 27.5 Å². The second-order valence-corrected chi connectivity index (χ2v) is 11.1. The first-order valence-electron chi connectivity index (χ1n) is 11.6. The summed E-state index contributed by atoms with van der Waals surface area (Å²) in [4.78, 5) is 17.1. The number of carbonyl (C=O) groups is 1. The van der Waals surface area contributed by atoms with E-state index in [1.165, 1.54) is 49.5 Å². The number of sulfone groups is 1. The largest absolute Gasteiger partial charge is 0.423 e. The number of hydrogen-bond acceptors (Lipinski definition) is 5. The number of benzene rings is 3. The van der Waals surface area contributed by atoms with Crippen LogP contribution in [0, 0.1) is 0 Å². The van der Waals surface area contributed by atoms with Crippen molar-refractivity contribution in [3.63, 3.8) is 0 Å². The predicted molar refractivity (Wildman–Crippen MR) is 135 cm³/mol. The number of pyridine rings is 1. The lowest BCUT2D eigenvalue weighted by molar-refractivity contribution is -0.136. The topological polar surface area (TPSA) is 73.3 Å². The zero-order valence-electron chi connectivity index (χ0n) is 20.3. The molecule has 0 fully saturated rings. The van der Waals surface area contributed by atoms with Gasteiger partial charge in [0.05, 0.1) is 27.3 Å². The van der Waals surface area contributed by atoms with Crippen molar-refractivity contribution in [3.05, 3.63) is 89.6 Å². The maximum Gasteiger partial charge on any atom is 0.418 e. The molecule has 0 N–H and O–H groups in total. The average Bonchev–Trinajstić information content (AvgIpc) is 2.87. The highest BCUT2D eigenvalue weighted by Gasteiger charge is 2.34. The van der Waals surface area contributed by atoms with Gasteiger partial charge >= 0.3 is 12.1 Å². The Labute approximate surface area is 212 Å². The molecule has 0 amide bonds. The molecule has 0 aliphatic carbocycles. The minimum absolute atomic E-state index is 0.0411. The standard InChI is InChI=1S/C28H24F3NO4S/c1-4-37(34,35)21-11-6-10-20(15-21)36-27(33)19-9-5-8-18(14-19)25-22-12-7-13-24(28(29,30)31)26(22)32-16-23(25)17(2)3/h5-17H,4H2,1-3H3. The number of rotatable bonds is 6. The van der Waals surface area contributed by atoms with Crippen LogP contribution in [0.4, 0.5) is 13.2 Å². The number of aromatic nitrogens is 1. The molecule has 0 aliphatic rings. The first-order valence-corrected chi connectivity index (χ1v) is 13.2. The maximum absolute atomic E-state index is 13.7. The molecule has 1 aromatic heterocycles. The highest BCUT2D eigenvalue weighted by molar-refractivity contribution is 7.91. The van der Waals surface area contributed by atoms with Crippen molar-refractivity contribution in [2.75, 3.05) is 5.75 Å². The third-order valence-electron chi connectivity index (χ3n) is 6.00. The Kier molecular flexibility index (Phi) is 7.10. The Bertz CT molecular complexity index is 1600. The summed E-state index contributed by atoms with van der Waals surface area (Å²) in [5.74, 6) is -0.814. The molecule has 0 atom stereocenters. The van der Waals surface area contributed by atoms with Gasteiger partial charge in [-0.3, -0.25) is 4.98 Å². The van der Waals surface area contributed by atoms with Gasteiger partial charge in [0.15, 0.2) is 9.84 Å². The smallest absolute Gasteiger partial charge is 0.418 e. The second-order valence-electron chi connectivity index (χ2n) is 8.79. The van der Waals surface area contributed by atoms with Crippen LogP contribution >= 0.6 is 0 Å². The van der Waals surface area contributed by atoms with Gasteiger partial charge in [0, 0.05) is 11.6 Å². The van der Waals surface area contributed by atoms with Crippen molar-refractivity contribution in [2.45, 2.75) is 37.8 Å². The highest BCUT2D eigenvalue weighted by atomic mass is 32.2. The lowest BCUT2D eigenvalue weighted by atomic mass is 9.89. The van der Waals surface area contributed by atoms with Crippen molar-refractivity contribution in [2.24, 2.45) is 0 Å². The molecule has 0 bridgehead atoms. The fraction of sp³-hybridized carbons (Fsp3) is 0.214. The third kappa shape index (κ3) is 5.36. The summed E-state index contributed by atoms with van der Waals surface area (Å²) in [6.07, 6.45) is -3.13. The summed E-state index contributed by atoms with van der Waals surface area (Å²) < 4.78 is 70.8. The van der Waals surface area contributed by atoms with E-state index in [-0.39, 0.29) is 33.4 Å². The number of esters is 1. The number of carbonyl (C=O) groups excluding carboxylic acids is 1. The third-order valence-corrected chi connectivity index (χ3v) is 7.73. The molecule has 0 spiro atoms. The second kappa shape index (κ2) is 9.97. The maximum atomic E-state index is 13.7. The molecule has 37 heavy (non-hydrogen) atoms. The molecule has 9 heteroatoms. The van der Waals surface area contributed by atoms with Gasteiger partial charge in [-0.15, -0.1) is 0 Å². The van der Waals surface area contributed by atoms with Crippen LogP contribution in [0.25, 0.3) is 22.0 Å². The Morgan fingerprint density at radius 3 is 2.38 bits per heavy atom. The van der Waals surface area contributed by atoms with Gasteiger partial charge in [0.25, 0.3) is 0 Å². The lowest BCUT2D eigenvalue weighted by Gasteiger charge is -2.18. The summed E-state index contributed by atoms with van der Waals surface area (Å²) in [7, 11) is -3.49. The number of fused-ring (bicyclic) bond motifs is 1. The van der Waals surface area contributed by atoms with Crippen molar-refractivity contribution in [3.8, 4) is 16.9 Å². The van der Waals surface area contributed by atoms with Crippen LogP contribution in [0.1, 0.15) is 48.2 Å². The lowest BCUT2D eigenvalue weighted by Crippen LogP contribution is -2.10. The summed E-state index contributed by atoms with van der Waals surface area (Å²) in [5.41, 5.74) is 0.974. The fourth-order valence-corrected chi connectivity index (χ4v) is 5.01. The van der Waals surface area contributed by atoms with E-state index in [1.807, 2.05) is 13.8 Å². The van der Waals surface area contributed by atoms with Gasteiger partial charge in [-0.2, -0.15) is 13.2 Å². The van der Waals surface area contributed by atoms with Gasteiger partial charge in [-0.1, -0.05) is 51.1 Å². The van der Waals surface area contributed by atoms with E-state index in [2.05, 4.69) is 4.98 Å². The molecule has 5 nitrogen and oxygen atoms in total. The number of alkyl halides is 3. The van der Waals surface area contributed by atoms with E-state index in [0.29, 0.717) is 16.5 Å². The zero-order chi connectivity index (χ0) is 27.0. The monoisotopic (exact) mass is 527 g/mol. The van der Waals surface area contributed by atoms with Crippen LogP contribution < -0.4 is 4.74 Å². The molecule has 0 saturated carbocycles. The van der Waals surface area contributed by atoms with Gasteiger partial charge in [-0.25, -0.2) is 13.2 Å². The summed E-state index contributed by atoms with van der Waals surface area (Å²) in [6, 6.07) is 16.0. The van der Waals surface area contributed by atoms with Crippen molar-refractivity contribution < 1.29 is 31.1 Å². The minimum atomic E-state index is -4.57. The quantitative estimate of drug-likeness (QED) is 0.198. The average molecular weight is 528 g/mol. The number of para-hydroxylation sites is 1. The Hall–Kier alpha value is -3.72. The zero-order valence-corrected chi connectivity index (χ0v) is 21.2. The first-order chi connectivity index (χ1) is 17.4. The Morgan fingerprint density at radius 1 is 1.00 bits per heavy atom. The molecule has 0 saturated heterocycles. The Balaban J connectivity index is 1.79.